The number of fused-ring (bicyclic) bond motifs is 1. The smallest absolute Gasteiger partial charge is 0.164 e. The molecule has 27 heavy (non-hydrogen) atoms. The van der Waals surface area contributed by atoms with Gasteiger partial charge in [0, 0.05) is 29.6 Å². The molecule has 2 aliphatic rings. The van der Waals surface area contributed by atoms with Gasteiger partial charge >= 0.3 is 0 Å². The van der Waals surface area contributed by atoms with Crippen molar-refractivity contribution in [3.05, 3.63) is 47.8 Å². The molecule has 0 amide bonds. The van der Waals surface area contributed by atoms with Crippen molar-refractivity contribution in [2.45, 2.75) is 24.3 Å². The molecule has 3 heterocycles. The van der Waals surface area contributed by atoms with E-state index in [2.05, 4.69) is 16.8 Å². The summed E-state index contributed by atoms with van der Waals surface area (Å²) in [5.41, 5.74) is 1.98. The molecule has 0 radical (unpaired) electrons. The maximum Gasteiger partial charge on any atom is 0.164 e. The highest BCUT2D eigenvalue weighted by molar-refractivity contribution is 8.14. The molecule has 0 saturated carbocycles. The normalized spacial score (nSPS) is 23.8. The van der Waals surface area contributed by atoms with Crippen LogP contribution >= 0.6 is 11.8 Å². The van der Waals surface area contributed by atoms with Crippen LogP contribution in [0.1, 0.15) is 30.3 Å². The van der Waals surface area contributed by atoms with Crippen molar-refractivity contribution in [2.75, 3.05) is 27.9 Å². The average molecular weight is 385 g/mol. The zero-order valence-corrected chi connectivity index (χ0v) is 16.7. The predicted molar refractivity (Wildman–Crippen MR) is 107 cm³/mol. The number of aromatic nitrogens is 1. The Morgan fingerprint density at radius 2 is 1.78 bits per heavy atom. The van der Waals surface area contributed by atoms with Gasteiger partial charge in [0.25, 0.3) is 0 Å². The van der Waals surface area contributed by atoms with Crippen LogP contribution in [-0.4, -0.2) is 48.2 Å². The van der Waals surface area contributed by atoms with E-state index in [1.165, 1.54) is 0 Å². The number of rotatable bonds is 5. The number of pyridine rings is 1. The Labute approximate surface area is 163 Å². The van der Waals surface area contributed by atoms with Crippen LogP contribution in [0.3, 0.4) is 0 Å². The third kappa shape index (κ3) is 3.10. The van der Waals surface area contributed by atoms with Crippen LogP contribution in [0.15, 0.2) is 41.5 Å². The lowest BCUT2D eigenvalue weighted by molar-refractivity contribution is 0.301. The van der Waals surface area contributed by atoms with Gasteiger partial charge in [-0.1, -0.05) is 24.8 Å². The van der Waals surface area contributed by atoms with Crippen molar-refractivity contribution in [3.8, 4) is 17.2 Å². The van der Waals surface area contributed by atoms with Gasteiger partial charge in [0.2, 0.25) is 0 Å². The molecule has 1 aromatic heterocycles. The lowest BCUT2D eigenvalue weighted by Crippen LogP contribution is -2.29. The quantitative estimate of drug-likeness (QED) is 0.782. The number of nitrogens with zero attached hydrogens (tertiary/aromatic N) is 3. The zero-order valence-electron chi connectivity index (χ0n) is 15.9. The monoisotopic (exact) mass is 385 g/mol. The first-order valence-electron chi connectivity index (χ1n) is 8.88. The van der Waals surface area contributed by atoms with Crippen LogP contribution in [0, 0.1) is 0 Å². The molecule has 142 valence electrons. The van der Waals surface area contributed by atoms with E-state index >= 15 is 0 Å². The second kappa shape index (κ2) is 7.31. The Balaban J connectivity index is 1.84. The fourth-order valence-corrected chi connectivity index (χ4v) is 4.83. The minimum absolute atomic E-state index is 0.00195. The van der Waals surface area contributed by atoms with Gasteiger partial charge in [0.15, 0.2) is 16.7 Å². The van der Waals surface area contributed by atoms with Gasteiger partial charge in [-0.3, -0.25) is 9.98 Å². The van der Waals surface area contributed by atoms with Gasteiger partial charge in [-0.05, 0) is 18.2 Å². The van der Waals surface area contributed by atoms with Crippen LogP contribution in [-0.2, 0) is 0 Å². The number of ether oxygens (including phenoxy) is 3. The van der Waals surface area contributed by atoms with Crippen molar-refractivity contribution < 1.29 is 14.2 Å². The molecule has 4 rings (SSSR count). The Morgan fingerprint density at radius 1 is 1.04 bits per heavy atom. The van der Waals surface area contributed by atoms with Crippen molar-refractivity contribution >= 4 is 16.9 Å². The standard InChI is InChI=1S/C20H23N3O3S/c1-12-11-23-19(13-9-16(25-3)17(26-4)10-15(13)24-2)18(22-20(23)27-12)14-7-5-6-8-21-14/h5-10,12,18-19H,11H2,1-4H3/t12-,18-,19-/m1/s1. The summed E-state index contributed by atoms with van der Waals surface area (Å²) in [6, 6.07) is 9.76. The minimum Gasteiger partial charge on any atom is -0.496 e. The second-order valence-electron chi connectivity index (χ2n) is 6.59. The molecule has 2 aliphatic heterocycles. The Kier molecular flexibility index (Phi) is 4.86. The molecule has 0 unspecified atom stereocenters. The fraction of sp³-hybridized carbons (Fsp3) is 0.400. The number of aliphatic imine (C=N–C) groups is 1. The highest BCUT2D eigenvalue weighted by Crippen LogP contribution is 2.51. The van der Waals surface area contributed by atoms with E-state index in [1.807, 2.05) is 48.3 Å². The summed E-state index contributed by atoms with van der Waals surface area (Å²) in [4.78, 5) is 12.0. The highest BCUT2D eigenvalue weighted by atomic mass is 32.2. The Morgan fingerprint density at radius 3 is 2.44 bits per heavy atom. The molecule has 0 bridgehead atoms. The average Bonchev–Trinajstić information content (AvgIpc) is 3.23. The summed E-state index contributed by atoms with van der Waals surface area (Å²) in [7, 11) is 4.95. The van der Waals surface area contributed by atoms with E-state index in [-0.39, 0.29) is 12.1 Å². The number of thioether (sulfide) groups is 1. The van der Waals surface area contributed by atoms with Gasteiger partial charge in [-0.25, -0.2) is 0 Å². The lowest BCUT2D eigenvalue weighted by atomic mass is 9.95. The summed E-state index contributed by atoms with van der Waals surface area (Å²) in [6.07, 6.45) is 1.82. The van der Waals surface area contributed by atoms with Crippen molar-refractivity contribution in [3.63, 3.8) is 0 Å². The summed E-state index contributed by atoms with van der Waals surface area (Å²) < 4.78 is 16.7. The fourth-order valence-electron chi connectivity index (χ4n) is 3.74. The molecular formula is C20H23N3O3S. The first-order valence-corrected chi connectivity index (χ1v) is 9.76. The number of amidine groups is 1. The number of hydrogen-bond donors (Lipinski definition) is 0. The van der Waals surface area contributed by atoms with Crippen molar-refractivity contribution in [2.24, 2.45) is 4.99 Å². The van der Waals surface area contributed by atoms with Crippen LogP contribution in [0.4, 0.5) is 0 Å². The Hall–Kier alpha value is -2.41. The molecule has 7 heteroatoms. The molecule has 1 fully saturated rings. The molecule has 3 atom stereocenters. The molecule has 0 spiro atoms. The third-order valence-corrected chi connectivity index (χ3v) is 6.04. The first-order chi connectivity index (χ1) is 13.2. The molecule has 2 aromatic rings. The van der Waals surface area contributed by atoms with E-state index in [9.17, 15) is 0 Å². The first kappa shape index (κ1) is 18.0. The van der Waals surface area contributed by atoms with E-state index in [4.69, 9.17) is 19.2 Å². The predicted octanol–water partition coefficient (Wildman–Crippen LogP) is 3.70. The van der Waals surface area contributed by atoms with Crippen LogP contribution in [0.5, 0.6) is 17.2 Å². The van der Waals surface area contributed by atoms with E-state index in [0.29, 0.717) is 16.7 Å². The van der Waals surface area contributed by atoms with Crippen molar-refractivity contribution in [1.29, 1.82) is 0 Å². The molecular weight excluding hydrogens is 362 g/mol. The largest absolute Gasteiger partial charge is 0.496 e. The summed E-state index contributed by atoms with van der Waals surface area (Å²) in [5, 5.41) is 1.57. The number of benzene rings is 1. The van der Waals surface area contributed by atoms with Crippen LogP contribution in [0.2, 0.25) is 0 Å². The maximum atomic E-state index is 5.72. The van der Waals surface area contributed by atoms with Crippen LogP contribution in [0.25, 0.3) is 0 Å². The third-order valence-electron chi connectivity index (χ3n) is 4.94. The van der Waals surface area contributed by atoms with E-state index < -0.39 is 0 Å². The van der Waals surface area contributed by atoms with Gasteiger partial charge in [-0.2, -0.15) is 0 Å². The van der Waals surface area contributed by atoms with Gasteiger partial charge in [0.05, 0.1) is 33.1 Å². The molecule has 1 saturated heterocycles. The minimum atomic E-state index is -0.0896. The molecule has 0 N–H and O–H groups in total. The highest BCUT2D eigenvalue weighted by Gasteiger charge is 2.44. The summed E-state index contributed by atoms with van der Waals surface area (Å²) in [6.45, 7) is 3.17. The molecule has 1 aromatic carbocycles. The SMILES string of the molecule is COc1cc(OC)c([C@@H]2[C@@H](c3ccccn3)N=C3S[C@H](C)CN32)cc1OC. The zero-order chi connectivity index (χ0) is 19.0. The second-order valence-corrected chi connectivity index (χ2v) is 7.99. The molecule has 6 nitrogen and oxygen atoms in total. The lowest BCUT2D eigenvalue weighted by Gasteiger charge is -2.29. The molecule has 0 aliphatic carbocycles. The summed E-state index contributed by atoms with van der Waals surface area (Å²) >= 11 is 1.82. The van der Waals surface area contributed by atoms with E-state index in [0.717, 1.165) is 28.7 Å². The van der Waals surface area contributed by atoms with Gasteiger partial charge < -0.3 is 19.1 Å². The topological polar surface area (TPSA) is 56.2 Å². The van der Waals surface area contributed by atoms with Crippen molar-refractivity contribution in [1.82, 2.24) is 9.88 Å². The maximum absolute atomic E-state index is 5.72. The Bertz CT molecular complexity index is 859. The summed E-state index contributed by atoms with van der Waals surface area (Å²) in [5.74, 6) is 2.09. The van der Waals surface area contributed by atoms with Gasteiger partial charge in [0.1, 0.15) is 11.8 Å². The number of methoxy groups -OCH3 is 3. The van der Waals surface area contributed by atoms with Gasteiger partial charge in [-0.15, -0.1) is 0 Å². The van der Waals surface area contributed by atoms with Crippen LogP contribution < -0.4 is 14.2 Å². The number of hydrogen-bond acceptors (Lipinski definition) is 7. The van der Waals surface area contributed by atoms with E-state index in [1.54, 1.807) is 21.3 Å².